The second-order valence-electron chi connectivity index (χ2n) is 2.78. The average molecular weight is 167 g/mol. The quantitative estimate of drug-likeness (QED) is 0.617. The monoisotopic (exact) mass is 167 g/mol. The second-order valence-corrected chi connectivity index (χ2v) is 4.03. The lowest BCUT2D eigenvalue weighted by Gasteiger charge is -2.08. The maximum absolute atomic E-state index is 2.21. The molecule has 0 saturated heterocycles. The van der Waals surface area contributed by atoms with Crippen LogP contribution in [0.15, 0.2) is 30.3 Å². The lowest BCUT2D eigenvalue weighted by molar-refractivity contribution is 0.484. The van der Waals surface area contributed by atoms with Crippen LogP contribution in [0.1, 0.15) is 0 Å². The van der Waals surface area contributed by atoms with Gasteiger partial charge in [0.15, 0.2) is 0 Å². The van der Waals surface area contributed by atoms with Crippen LogP contribution in [0.2, 0.25) is 0 Å². The molecule has 0 fully saturated rings. The SMILES string of the molecule is CN(C)CPc1ccccc1. The molecule has 0 bridgehead atoms. The van der Waals surface area contributed by atoms with Crippen molar-refractivity contribution in [2.75, 3.05) is 20.4 Å². The van der Waals surface area contributed by atoms with Gasteiger partial charge in [-0.15, -0.1) is 0 Å². The third-order valence-corrected chi connectivity index (χ3v) is 2.91. The van der Waals surface area contributed by atoms with Gasteiger partial charge in [0, 0.05) is 6.29 Å². The summed E-state index contributed by atoms with van der Waals surface area (Å²) in [5.41, 5.74) is 0. The van der Waals surface area contributed by atoms with Gasteiger partial charge in [-0.3, -0.25) is 0 Å². The van der Waals surface area contributed by atoms with E-state index in [1.54, 1.807) is 0 Å². The Morgan fingerprint density at radius 3 is 2.36 bits per heavy atom. The second kappa shape index (κ2) is 4.48. The van der Waals surface area contributed by atoms with Crippen LogP contribution < -0.4 is 5.30 Å². The van der Waals surface area contributed by atoms with Crippen molar-refractivity contribution >= 4 is 13.9 Å². The fourth-order valence-electron chi connectivity index (χ4n) is 0.805. The molecule has 0 aliphatic heterocycles. The normalized spacial score (nSPS) is 11.5. The molecule has 11 heavy (non-hydrogen) atoms. The summed E-state index contributed by atoms with van der Waals surface area (Å²) in [5.74, 6) is 0. The molecule has 60 valence electrons. The van der Waals surface area contributed by atoms with Crippen molar-refractivity contribution < 1.29 is 0 Å². The van der Waals surface area contributed by atoms with E-state index < -0.39 is 0 Å². The molecule has 2 heteroatoms. The smallest absolute Gasteiger partial charge is 0.0190 e. The van der Waals surface area contributed by atoms with Gasteiger partial charge >= 0.3 is 0 Å². The fraction of sp³-hybridized carbons (Fsp3) is 0.333. The zero-order chi connectivity index (χ0) is 8.10. The van der Waals surface area contributed by atoms with Gasteiger partial charge < -0.3 is 4.90 Å². The van der Waals surface area contributed by atoms with Crippen molar-refractivity contribution in [3.63, 3.8) is 0 Å². The Balaban J connectivity index is 2.39. The van der Waals surface area contributed by atoms with Gasteiger partial charge in [-0.1, -0.05) is 38.9 Å². The molecule has 0 aliphatic rings. The lowest BCUT2D eigenvalue weighted by atomic mass is 10.4. The van der Waals surface area contributed by atoms with E-state index in [1.807, 2.05) is 0 Å². The highest BCUT2D eigenvalue weighted by Gasteiger charge is 1.91. The van der Waals surface area contributed by atoms with Gasteiger partial charge in [0.2, 0.25) is 0 Å². The molecule has 1 nitrogen and oxygen atoms in total. The Kier molecular flexibility index (Phi) is 3.55. The van der Waals surface area contributed by atoms with Crippen LogP contribution in [0, 0.1) is 0 Å². The van der Waals surface area contributed by atoms with Gasteiger partial charge in [0.1, 0.15) is 0 Å². The van der Waals surface area contributed by atoms with Gasteiger partial charge in [0.25, 0.3) is 0 Å². The summed E-state index contributed by atoms with van der Waals surface area (Å²) in [5, 5.41) is 1.45. The molecule has 1 unspecified atom stereocenters. The summed E-state index contributed by atoms with van der Waals surface area (Å²) in [6.07, 6.45) is 1.16. The number of nitrogens with zero attached hydrogens (tertiary/aromatic N) is 1. The summed E-state index contributed by atoms with van der Waals surface area (Å²) in [6, 6.07) is 10.6. The molecule has 0 saturated carbocycles. The molecule has 1 rings (SSSR count). The largest absolute Gasteiger partial charge is 0.305 e. The molecule has 0 aliphatic carbocycles. The Bertz CT molecular complexity index is 196. The molecule has 0 spiro atoms. The first-order valence-corrected chi connectivity index (χ1v) is 4.93. The Hall–Kier alpha value is -0.390. The minimum atomic E-state index is 0.911. The maximum Gasteiger partial charge on any atom is 0.0190 e. The van der Waals surface area contributed by atoms with Crippen molar-refractivity contribution in [2.45, 2.75) is 0 Å². The molecule has 0 aromatic heterocycles. The maximum atomic E-state index is 2.21. The summed E-state index contributed by atoms with van der Waals surface area (Å²) in [4.78, 5) is 2.21. The molecule has 0 heterocycles. The molecule has 1 atom stereocenters. The first-order chi connectivity index (χ1) is 5.29. The van der Waals surface area contributed by atoms with Crippen LogP contribution in [-0.4, -0.2) is 25.3 Å². The van der Waals surface area contributed by atoms with Crippen molar-refractivity contribution in [3.05, 3.63) is 30.3 Å². The molecule has 0 radical (unpaired) electrons. The van der Waals surface area contributed by atoms with E-state index in [9.17, 15) is 0 Å². The van der Waals surface area contributed by atoms with Crippen molar-refractivity contribution in [1.29, 1.82) is 0 Å². The predicted molar refractivity (Wildman–Crippen MR) is 52.9 cm³/mol. The van der Waals surface area contributed by atoms with E-state index in [-0.39, 0.29) is 0 Å². The van der Waals surface area contributed by atoms with Crippen LogP contribution >= 0.6 is 8.58 Å². The summed E-state index contributed by atoms with van der Waals surface area (Å²) in [7, 11) is 5.12. The Morgan fingerprint density at radius 1 is 1.18 bits per heavy atom. The standard InChI is InChI=1S/C9H14NP/c1-10(2)8-11-9-6-4-3-5-7-9/h3-7,11H,8H2,1-2H3. The first-order valence-electron chi connectivity index (χ1n) is 3.72. The summed E-state index contributed by atoms with van der Waals surface area (Å²) >= 11 is 0. The molecule has 0 N–H and O–H groups in total. The predicted octanol–water partition coefficient (Wildman–Crippen LogP) is 1.51. The highest BCUT2D eigenvalue weighted by Crippen LogP contribution is 2.08. The molecule has 1 aromatic carbocycles. The van der Waals surface area contributed by atoms with Crippen LogP contribution in [0.3, 0.4) is 0 Å². The van der Waals surface area contributed by atoms with Gasteiger partial charge in [-0.25, -0.2) is 0 Å². The third kappa shape index (κ3) is 3.50. The van der Waals surface area contributed by atoms with Gasteiger partial charge in [-0.05, 0) is 19.4 Å². The van der Waals surface area contributed by atoms with E-state index in [0.29, 0.717) is 0 Å². The molecular formula is C9H14NP. The van der Waals surface area contributed by atoms with Crippen molar-refractivity contribution in [1.82, 2.24) is 4.90 Å². The van der Waals surface area contributed by atoms with Crippen LogP contribution in [0.4, 0.5) is 0 Å². The Morgan fingerprint density at radius 2 is 1.82 bits per heavy atom. The lowest BCUT2D eigenvalue weighted by Crippen LogP contribution is -2.11. The highest BCUT2D eigenvalue weighted by molar-refractivity contribution is 7.47. The van der Waals surface area contributed by atoms with E-state index in [2.05, 4.69) is 49.3 Å². The molecular weight excluding hydrogens is 153 g/mol. The molecule has 1 aromatic rings. The molecule has 0 amide bonds. The zero-order valence-electron chi connectivity index (χ0n) is 7.04. The van der Waals surface area contributed by atoms with E-state index >= 15 is 0 Å². The highest BCUT2D eigenvalue weighted by atomic mass is 31.1. The topological polar surface area (TPSA) is 3.24 Å². The van der Waals surface area contributed by atoms with E-state index in [4.69, 9.17) is 0 Å². The minimum Gasteiger partial charge on any atom is -0.305 e. The number of rotatable bonds is 3. The number of benzene rings is 1. The van der Waals surface area contributed by atoms with Gasteiger partial charge in [-0.2, -0.15) is 0 Å². The number of hydrogen-bond acceptors (Lipinski definition) is 1. The Labute approximate surface area is 70.2 Å². The summed E-state index contributed by atoms with van der Waals surface area (Å²) in [6.45, 7) is 0. The van der Waals surface area contributed by atoms with Crippen LogP contribution in [0.5, 0.6) is 0 Å². The van der Waals surface area contributed by atoms with Crippen LogP contribution in [0.25, 0.3) is 0 Å². The average Bonchev–Trinajstić information content (AvgIpc) is 2.03. The van der Waals surface area contributed by atoms with Crippen molar-refractivity contribution in [3.8, 4) is 0 Å². The zero-order valence-corrected chi connectivity index (χ0v) is 8.04. The van der Waals surface area contributed by atoms with E-state index in [0.717, 1.165) is 14.9 Å². The van der Waals surface area contributed by atoms with E-state index in [1.165, 1.54) is 5.30 Å². The van der Waals surface area contributed by atoms with Crippen molar-refractivity contribution in [2.24, 2.45) is 0 Å². The van der Waals surface area contributed by atoms with Crippen LogP contribution in [-0.2, 0) is 0 Å². The third-order valence-electron chi connectivity index (χ3n) is 1.37. The minimum absolute atomic E-state index is 0.911. The summed E-state index contributed by atoms with van der Waals surface area (Å²) < 4.78 is 0. The van der Waals surface area contributed by atoms with Gasteiger partial charge in [0.05, 0.1) is 0 Å². The first kappa shape index (κ1) is 8.70. The fourth-order valence-corrected chi connectivity index (χ4v) is 1.73. The number of hydrogen-bond donors (Lipinski definition) is 0.